The van der Waals surface area contributed by atoms with E-state index in [0.29, 0.717) is 0 Å². The number of hydrogen-bond donors (Lipinski definition) is 0. The molecular formula is C11H7ClF3N3O. The number of carbonyl (C=O) groups is 1. The van der Waals surface area contributed by atoms with Gasteiger partial charge in [-0.15, -0.1) is 0 Å². The Bertz CT molecular complexity index is 636. The lowest BCUT2D eigenvalue weighted by molar-refractivity contribution is -0.141. The van der Waals surface area contributed by atoms with Crippen LogP contribution >= 0.6 is 11.6 Å². The summed E-state index contributed by atoms with van der Waals surface area (Å²) in [5, 5.41) is 3.41. The largest absolute Gasteiger partial charge is 0.435 e. The quantitative estimate of drug-likeness (QED) is 0.630. The van der Waals surface area contributed by atoms with Crippen LogP contribution in [0.1, 0.15) is 23.0 Å². The van der Waals surface area contributed by atoms with Crippen molar-refractivity contribution in [1.29, 1.82) is 0 Å². The van der Waals surface area contributed by atoms with Crippen LogP contribution in [0.5, 0.6) is 0 Å². The molecule has 19 heavy (non-hydrogen) atoms. The molecular weight excluding hydrogens is 283 g/mol. The number of alkyl halides is 3. The van der Waals surface area contributed by atoms with Crippen molar-refractivity contribution in [3.63, 3.8) is 0 Å². The second kappa shape index (κ2) is 4.65. The van der Waals surface area contributed by atoms with Crippen molar-refractivity contribution in [2.24, 2.45) is 0 Å². The predicted molar refractivity (Wildman–Crippen MR) is 61.4 cm³/mol. The van der Waals surface area contributed by atoms with Gasteiger partial charge in [-0.3, -0.25) is 4.79 Å². The first-order valence-electron chi connectivity index (χ1n) is 5.10. The number of rotatable bonds is 2. The minimum absolute atomic E-state index is 0.0319. The molecule has 0 unspecified atom stereocenters. The molecule has 0 aliphatic rings. The van der Waals surface area contributed by atoms with Crippen molar-refractivity contribution < 1.29 is 18.0 Å². The van der Waals surface area contributed by atoms with Gasteiger partial charge in [0.15, 0.2) is 17.3 Å². The standard InChI is InChI=1S/C11H7ClF3N3O/c1-6(19)7-2-3-9(12)16-10(7)18-5-4-8(17-18)11(13,14)15/h2-5H,1H3. The van der Waals surface area contributed by atoms with Gasteiger partial charge >= 0.3 is 6.18 Å². The highest BCUT2D eigenvalue weighted by molar-refractivity contribution is 6.29. The predicted octanol–water partition coefficient (Wildman–Crippen LogP) is 3.14. The van der Waals surface area contributed by atoms with E-state index in [9.17, 15) is 18.0 Å². The molecule has 0 aliphatic heterocycles. The third-order valence-corrected chi connectivity index (χ3v) is 2.53. The first kappa shape index (κ1) is 13.5. The number of carbonyl (C=O) groups excluding carboxylic acids is 1. The van der Waals surface area contributed by atoms with Crippen LogP contribution in [0.4, 0.5) is 13.2 Å². The summed E-state index contributed by atoms with van der Waals surface area (Å²) >= 11 is 5.68. The molecule has 0 saturated heterocycles. The van der Waals surface area contributed by atoms with Gasteiger partial charge in [0.25, 0.3) is 0 Å². The summed E-state index contributed by atoms with van der Waals surface area (Å²) in [7, 11) is 0. The number of hydrogen-bond acceptors (Lipinski definition) is 3. The first-order chi connectivity index (χ1) is 8.79. The fourth-order valence-electron chi connectivity index (χ4n) is 1.47. The summed E-state index contributed by atoms with van der Waals surface area (Å²) in [5.41, 5.74) is -0.926. The second-order valence-corrected chi connectivity index (χ2v) is 4.09. The Morgan fingerprint density at radius 2 is 2.00 bits per heavy atom. The van der Waals surface area contributed by atoms with E-state index in [1.807, 2.05) is 0 Å². The molecule has 2 heterocycles. The number of Topliss-reactive ketones (excluding diaryl/α,β-unsaturated/α-hetero) is 1. The Hall–Kier alpha value is -1.89. The van der Waals surface area contributed by atoms with Crippen molar-refractivity contribution >= 4 is 17.4 Å². The Balaban J connectivity index is 2.55. The third-order valence-electron chi connectivity index (χ3n) is 2.32. The van der Waals surface area contributed by atoms with E-state index in [1.54, 1.807) is 0 Å². The van der Waals surface area contributed by atoms with Crippen LogP contribution in [0.2, 0.25) is 5.15 Å². The van der Waals surface area contributed by atoms with E-state index >= 15 is 0 Å². The number of pyridine rings is 1. The molecule has 0 spiro atoms. The van der Waals surface area contributed by atoms with Crippen LogP contribution in [0, 0.1) is 0 Å². The highest BCUT2D eigenvalue weighted by atomic mass is 35.5. The maximum absolute atomic E-state index is 12.5. The highest BCUT2D eigenvalue weighted by Crippen LogP contribution is 2.28. The summed E-state index contributed by atoms with van der Waals surface area (Å²) in [5.74, 6) is -0.376. The van der Waals surface area contributed by atoms with Crippen molar-refractivity contribution in [2.75, 3.05) is 0 Å². The van der Waals surface area contributed by atoms with Crippen molar-refractivity contribution in [3.05, 3.63) is 40.8 Å². The summed E-state index contributed by atoms with van der Waals surface area (Å²) in [6.07, 6.45) is -3.48. The molecule has 0 N–H and O–H groups in total. The molecule has 0 aromatic carbocycles. The molecule has 0 saturated carbocycles. The second-order valence-electron chi connectivity index (χ2n) is 3.70. The normalized spacial score (nSPS) is 11.6. The van der Waals surface area contributed by atoms with Gasteiger partial charge in [-0.2, -0.15) is 18.3 Å². The molecule has 0 atom stereocenters. The Morgan fingerprint density at radius 1 is 1.32 bits per heavy atom. The summed E-state index contributed by atoms with van der Waals surface area (Å²) in [4.78, 5) is 15.2. The van der Waals surface area contributed by atoms with Gasteiger partial charge in [0.05, 0.1) is 5.56 Å². The van der Waals surface area contributed by atoms with Crippen LogP contribution in [-0.2, 0) is 6.18 Å². The molecule has 0 bridgehead atoms. The molecule has 0 aliphatic carbocycles. The van der Waals surface area contributed by atoms with Gasteiger partial charge in [0, 0.05) is 6.20 Å². The lowest BCUT2D eigenvalue weighted by Crippen LogP contribution is -2.10. The average Bonchev–Trinajstić information content (AvgIpc) is 2.77. The summed E-state index contributed by atoms with van der Waals surface area (Å²) < 4.78 is 38.3. The molecule has 100 valence electrons. The lowest BCUT2D eigenvalue weighted by Gasteiger charge is -2.06. The minimum atomic E-state index is -4.56. The Morgan fingerprint density at radius 3 is 2.53 bits per heavy atom. The number of nitrogens with zero attached hydrogens (tertiary/aromatic N) is 3. The molecule has 8 heteroatoms. The van der Waals surface area contributed by atoms with E-state index in [2.05, 4.69) is 10.1 Å². The first-order valence-corrected chi connectivity index (χ1v) is 5.47. The summed E-state index contributed by atoms with van der Waals surface area (Å²) in [6.45, 7) is 1.28. The van der Waals surface area contributed by atoms with Crippen LogP contribution in [0.15, 0.2) is 24.4 Å². The van der Waals surface area contributed by atoms with Gasteiger partial charge in [0.2, 0.25) is 0 Å². The van der Waals surface area contributed by atoms with Crippen molar-refractivity contribution in [3.8, 4) is 5.82 Å². The molecule has 2 aromatic heterocycles. The van der Waals surface area contributed by atoms with Gasteiger partial charge in [-0.25, -0.2) is 9.67 Å². The molecule has 2 aromatic rings. The van der Waals surface area contributed by atoms with Gasteiger partial charge in [-0.1, -0.05) is 11.6 Å². The lowest BCUT2D eigenvalue weighted by atomic mass is 10.2. The molecule has 4 nitrogen and oxygen atoms in total. The highest BCUT2D eigenvalue weighted by Gasteiger charge is 2.34. The van der Waals surface area contributed by atoms with Gasteiger partial charge in [-0.05, 0) is 25.1 Å². The van der Waals surface area contributed by atoms with Gasteiger partial charge < -0.3 is 0 Å². The van der Waals surface area contributed by atoms with E-state index in [-0.39, 0.29) is 22.3 Å². The Labute approximate surface area is 110 Å². The number of ketones is 1. The molecule has 0 radical (unpaired) electrons. The fourth-order valence-corrected chi connectivity index (χ4v) is 1.61. The van der Waals surface area contributed by atoms with E-state index < -0.39 is 11.9 Å². The monoisotopic (exact) mass is 289 g/mol. The zero-order valence-corrected chi connectivity index (χ0v) is 10.3. The Kier molecular flexibility index (Phi) is 3.32. The zero-order chi connectivity index (χ0) is 14.2. The molecule has 0 fully saturated rings. The summed E-state index contributed by atoms with van der Waals surface area (Å²) in [6, 6.07) is 3.57. The topological polar surface area (TPSA) is 47.8 Å². The number of aromatic nitrogens is 3. The van der Waals surface area contributed by atoms with E-state index in [4.69, 9.17) is 11.6 Å². The SMILES string of the molecule is CC(=O)c1ccc(Cl)nc1-n1ccc(C(F)(F)F)n1. The average molecular weight is 290 g/mol. The van der Waals surface area contributed by atoms with Crippen molar-refractivity contribution in [2.45, 2.75) is 13.1 Å². The van der Waals surface area contributed by atoms with E-state index in [0.717, 1.165) is 16.9 Å². The zero-order valence-electron chi connectivity index (χ0n) is 9.57. The third kappa shape index (κ3) is 2.76. The van der Waals surface area contributed by atoms with Crippen LogP contribution < -0.4 is 0 Å². The maximum Gasteiger partial charge on any atom is 0.435 e. The van der Waals surface area contributed by atoms with Crippen LogP contribution in [0.25, 0.3) is 5.82 Å². The molecule has 0 amide bonds. The fraction of sp³-hybridized carbons (Fsp3) is 0.182. The maximum atomic E-state index is 12.5. The van der Waals surface area contributed by atoms with Gasteiger partial charge in [0.1, 0.15) is 5.15 Å². The van der Waals surface area contributed by atoms with Crippen LogP contribution in [0.3, 0.4) is 0 Å². The van der Waals surface area contributed by atoms with E-state index in [1.165, 1.54) is 19.1 Å². The number of halogens is 4. The smallest absolute Gasteiger partial charge is 0.294 e. The molecule has 2 rings (SSSR count). The minimum Gasteiger partial charge on any atom is -0.294 e. The van der Waals surface area contributed by atoms with Crippen LogP contribution in [-0.4, -0.2) is 20.5 Å². The van der Waals surface area contributed by atoms with Crippen molar-refractivity contribution in [1.82, 2.24) is 14.8 Å².